The summed E-state index contributed by atoms with van der Waals surface area (Å²) in [5.74, 6) is 0. The van der Waals surface area contributed by atoms with E-state index in [-0.39, 0.29) is 5.56 Å². The van der Waals surface area contributed by atoms with E-state index in [1.54, 1.807) is 10.9 Å². The van der Waals surface area contributed by atoms with Gasteiger partial charge in [0.2, 0.25) is 0 Å². The van der Waals surface area contributed by atoms with E-state index in [0.717, 1.165) is 22.5 Å². The minimum absolute atomic E-state index is 0.211. The number of halogens is 1. The van der Waals surface area contributed by atoms with Crippen LogP contribution in [0, 0.1) is 4.77 Å². The van der Waals surface area contributed by atoms with Gasteiger partial charge in [-0.1, -0.05) is 23.7 Å². The largest absolute Gasteiger partial charge is 0.298 e. The maximum absolute atomic E-state index is 12.1. The predicted molar refractivity (Wildman–Crippen MR) is 88.6 cm³/mol. The van der Waals surface area contributed by atoms with Crippen LogP contribution in [0.15, 0.2) is 40.8 Å². The number of rotatable bonds is 1. The normalized spacial score (nSPS) is 13.9. The van der Waals surface area contributed by atoms with E-state index in [9.17, 15) is 4.79 Å². The molecular formula is C15H11ClN4OS. The summed E-state index contributed by atoms with van der Waals surface area (Å²) in [6.45, 7) is 2.66. The maximum atomic E-state index is 12.1. The van der Waals surface area contributed by atoms with Crippen molar-refractivity contribution in [1.29, 1.82) is 0 Å². The van der Waals surface area contributed by atoms with Crippen molar-refractivity contribution in [3.8, 4) is 0 Å². The van der Waals surface area contributed by atoms with Crippen molar-refractivity contribution < 1.29 is 0 Å². The molecule has 0 spiro atoms. The zero-order chi connectivity index (χ0) is 15.4. The summed E-state index contributed by atoms with van der Waals surface area (Å²) < 4.78 is 4.09. The van der Waals surface area contributed by atoms with Crippen LogP contribution in [0.5, 0.6) is 0 Å². The van der Waals surface area contributed by atoms with Gasteiger partial charge in [0.1, 0.15) is 5.39 Å². The van der Waals surface area contributed by atoms with Crippen molar-refractivity contribution in [2.45, 2.75) is 13.5 Å². The smallest absolute Gasteiger partial charge is 0.262 e. The highest BCUT2D eigenvalue weighted by Gasteiger charge is 2.22. The van der Waals surface area contributed by atoms with E-state index >= 15 is 0 Å². The molecule has 1 aromatic carbocycles. The van der Waals surface area contributed by atoms with Gasteiger partial charge in [-0.05, 0) is 36.8 Å². The summed E-state index contributed by atoms with van der Waals surface area (Å²) in [7, 11) is 0. The van der Waals surface area contributed by atoms with Gasteiger partial charge in [0.25, 0.3) is 5.56 Å². The molecule has 0 bridgehead atoms. The topological polar surface area (TPSA) is 55.6 Å². The average Bonchev–Trinajstić information content (AvgIpc) is 2.91. The summed E-state index contributed by atoms with van der Waals surface area (Å²) in [5, 5.41) is 5.61. The molecule has 0 fully saturated rings. The van der Waals surface area contributed by atoms with Crippen LogP contribution in [0.4, 0.5) is 0 Å². The molecule has 2 aromatic heterocycles. The van der Waals surface area contributed by atoms with Gasteiger partial charge in [-0.3, -0.25) is 14.3 Å². The van der Waals surface area contributed by atoms with E-state index in [1.807, 2.05) is 35.8 Å². The molecular weight excluding hydrogens is 320 g/mol. The first-order chi connectivity index (χ1) is 10.6. The standard InChI is InChI=1S/C15H11ClN4OS/c1-8-7-19-14-11(13(21)18-15(19)22)6-17-20(14)12(8)9-2-4-10(16)5-3-9/h2-6H,7H2,1H3,(H,18,21,22). The van der Waals surface area contributed by atoms with Gasteiger partial charge < -0.3 is 0 Å². The molecule has 0 saturated carbocycles. The lowest BCUT2D eigenvalue weighted by molar-refractivity contribution is 0.708. The first-order valence-electron chi connectivity index (χ1n) is 6.73. The number of benzene rings is 1. The molecule has 1 aliphatic rings. The Morgan fingerprint density at radius 1 is 1.32 bits per heavy atom. The molecule has 7 heteroatoms. The fourth-order valence-electron chi connectivity index (χ4n) is 2.87. The Bertz CT molecular complexity index is 1060. The van der Waals surface area contributed by atoms with Crippen molar-refractivity contribution in [3.05, 3.63) is 61.7 Å². The second-order valence-electron chi connectivity index (χ2n) is 5.27. The van der Waals surface area contributed by atoms with E-state index < -0.39 is 0 Å². The molecule has 0 aliphatic carbocycles. The summed E-state index contributed by atoms with van der Waals surface area (Å²) in [5.41, 5.74) is 3.60. The monoisotopic (exact) mass is 330 g/mol. The molecule has 0 saturated heterocycles. The Balaban J connectivity index is 2.08. The third-order valence-electron chi connectivity index (χ3n) is 3.84. The number of hydrogen-bond donors (Lipinski definition) is 1. The molecule has 1 aliphatic heterocycles. The first-order valence-corrected chi connectivity index (χ1v) is 7.52. The highest BCUT2D eigenvalue weighted by atomic mass is 35.5. The van der Waals surface area contributed by atoms with E-state index in [4.69, 9.17) is 23.8 Å². The number of nitrogens with one attached hydrogen (secondary N) is 1. The molecule has 4 rings (SSSR count). The maximum Gasteiger partial charge on any atom is 0.262 e. The summed E-state index contributed by atoms with van der Waals surface area (Å²) in [6, 6.07) is 7.59. The first kappa shape index (κ1) is 13.5. The molecule has 3 aromatic rings. The molecule has 110 valence electrons. The van der Waals surface area contributed by atoms with Gasteiger partial charge in [-0.15, -0.1) is 0 Å². The zero-order valence-electron chi connectivity index (χ0n) is 11.6. The summed E-state index contributed by atoms with van der Waals surface area (Å²) in [6.07, 6.45) is 1.58. The number of aromatic amines is 1. The van der Waals surface area contributed by atoms with Crippen LogP contribution < -0.4 is 5.56 Å². The molecule has 0 unspecified atom stereocenters. The number of H-pyrrole nitrogens is 1. The number of aromatic nitrogens is 4. The van der Waals surface area contributed by atoms with Crippen molar-refractivity contribution in [2.24, 2.45) is 0 Å². The van der Waals surface area contributed by atoms with Crippen molar-refractivity contribution >= 4 is 40.5 Å². The van der Waals surface area contributed by atoms with Crippen LogP contribution in [0.3, 0.4) is 0 Å². The lowest BCUT2D eigenvalue weighted by atomic mass is 10.1. The van der Waals surface area contributed by atoms with Gasteiger partial charge in [0.15, 0.2) is 10.4 Å². The van der Waals surface area contributed by atoms with Crippen LogP contribution in [0.2, 0.25) is 5.02 Å². The van der Waals surface area contributed by atoms with Crippen LogP contribution >= 0.6 is 23.8 Å². The Morgan fingerprint density at radius 3 is 2.77 bits per heavy atom. The van der Waals surface area contributed by atoms with Crippen molar-refractivity contribution in [3.63, 3.8) is 0 Å². The third-order valence-corrected chi connectivity index (χ3v) is 4.41. The third kappa shape index (κ3) is 1.81. The molecule has 5 nitrogen and oxygen atoms in total. The molecule has 0 radical (unpaired) electrons. The van der Waals surface area contributed by atoms with Gasteiger partial charge in [0, 0.05) is 17.1 Å². The minimum Gasteiger partial charge on any atom is -0.298 e. The number of hydrogen-bond acceptors (Lipinski definition) is 3. The Hall–Kier alpha value is -2.18. The highest BCUT2D eigenvalue weighted by Crippen LogP contribution is 2.29. The van der Waals surface area contributed by atoms with Gasteiger partial charge in [-0.2, -0.15) is 5.10 Å². The molecule has 22 heavy (non-hydrogen) atoms. The summed E-state index contributed by atoms with van der Waals surface area (Å²) >= 11 is 11.2. The highest BCUT2D eigenvalue weighted by molar-refractivity contribution is 7.71. The summed E-state index contributed by atoms with van der Waals surface area (Å²) in [4.78, 5) is 14.7. The van der Waals surface area contributed by atoms with E-state index in [0.29, 0.717) is 21.7 Å². The Kier molecular flexibility index (Phi) is 2.85. The van der Waals surface area contributed by atoms with Gasteiger partial charge in [0.05, 0.1) is 11.9 Å². The molecule has 3 heterocycles. The average molecular weight is 331 g/mol. The lowest BCUT2D eigenvalue weighted by Gasteiger charge is -2.22. The Labute approximate surface area is 135 Å². The van der Waals surface area contributed by atoms with Crippen molar-refractivity contribution in [2.75, 3.05) is 0 Å². The molecule has 0 amide bonds. The predicted octanol–water partition coefficient (Wildman–Crippen LogP) is 3.20. The fraction of sp³-hybridized carbons (Fsp3) is 0.133. The van der Waals surface area contributed by atoms with Crippen LogP contribution in [0.1, 0.15) is 12.5 Å². The quantitative estimate of drug-likeness (QED) is 0.697. The second kappa shape index (κ2) is 4.66. The SMILES string of the molecule is CC1=C(c2ccc(Cl)cc2)n2ncc3c(=O)[nH]c(=S)n(c32)C1. The molecule has 1 N–H and O–H groups in total. The second-order valence-corrected chi connectivity index (χ2v) is 6.10. The minimum atomic E-state index is -0.211. The lowest BCUT2D eigenvalue weighted by Crippen LogP contribution is -2.21. The Morgan fingerprint density at radius 2 is 2.05 bits per heavy atom. The van der Waals surface area contributed by atoms with Gasteiger partial charge >= 0.3 is 0 Å². The van der Waals surface area contributed by atoms with E-state index in [1.165, 1.54) is 0 Å². The van der Waals surface area contributed by atoms with Gasteiger partial charge in [-0.25, -0.2) is 4.68 Å². The fourth-order valence-corrected chi connectivity index (χ4v) is 3.24. The number of nitrogens with zero attached hydrogens (tertiary/aromatic N) is 3. The molecule has 0 atom stereocenters. The zero-order valence-corrected chi connectivity index (χ0v) is 13.2. The number of allylic oxidation sites excluding steroid dienone is 1. The van der Waals surface area contributed by atoms with Crippen LogP contribution in [-0.2, 0) is 6.54 Å². The van der Waals surface area contributed by atoms with E-state index in [2.05, 4.69) is 10.1 Å². The van der Waals surface area contributed by atoms with Crippen molar-refractivity contribution in [1.82, 2.24) is 19.3 Å². The van der Waals surface area contributed by atoms with Crippen LogP contribution in [0.25, 0.3) is 16.7 Å². The van der Waals surface area contributed by atoms with Crippen LogP contribution in [-0.4, -0.2) is 19.3 Å².